The molecule has 0 fully saturated rings. The van der Waals surface area contributed by atoms with Crippen molar-refractivity contribution < 1.29 is 14.3 Å². The standard InChI is InChI=1S/C24H25ClN4O3S/c1-14(2)32-18-10-7-9-16(12-18)21-20(22(30)31-4)15(3)26-23-27-24(28-29(21)23)33-13-17-8-5-6-11-19(17)25/h5-12,14,21H,13H2,1-4H3,(H,26,27,28). The zero-order valence-corrected chi connectivity index (χ0v) is 20.4. The zero-order chi connectivity index (χ0) is 23.5. The van der Waals surface area contributed by atoms with Crippen molar-refractivity contribution in [3.63, 3.8) is 0 Å². The average molecular weight is 485 g/mol. The van der Waals surface area contributed by atoms with Gasteiger partial charge in [0.2, 0.25) is 11.1 Å². The van der Waals surface area contributed by atoms with Gasteiger partial charge >= 0.3 is 5.97 Å². The van der Waals surface area contributed by atoms with Gasteiger partial charge in [-0.05, 0) is 50.1 Å². The highest BCUT2D eigenvalue weighted by atomic mass is 35.5. The van der Waals surface area contributed by atoms with Gasteiger partial charge in [0.15, 0.2) is 0 Å². The molecule has 0 bridgehead atoms. The molecule has 0 amide bonds. The lowest BCUT2D eigenvalue weighted by atomic mass is 9.95. The molecule has 2 heterocycles. The third kappa shape index (κ3) is 5.02. The van der Waals surface area contributed by atoms with Crippen molar-refractivity contribution in [3.8, 4) is 5.75 Å². The van der Waals surface area contributed by atoms with E-state index in [1.165, 1.54) is 18.9 Å². The molecule has 1 unspecified atom stereocenters. The summed E-state index contributed by atoms with van der Waals surface area (Å²) in [7, 11) is 1.37. The minimum absolute atomic E-state index is 0.0281. The Labute approximate surface area is 202 Å². The number of rotatable bonds is 7. The van der Waals surface area contributed by atoms with Crippen molar-refractivity contribution in [1.82, 2.24) is 14.8 Å². The van der Waals surface area contributed by atoms with Gasteiger partial charge in [0.1, 0.15) is 11.8 Å². The number of allylic oxidation sites excluding steroid dienone is 1. The van der Waals surface area contributed by atoms with Gasteiger partial charge in [-0.2, -0.15) is 4.98 Å². The van der Waals surface area contributed by atoms with Gasteiger partial charge in [-0.1, -0.05) is 53.7 Å². The molecule has 7 nitrogen and oxygen atoms in total. The van der Waals surface area contributed by atoms with Crippen LogP contribution in [0.25, 0.3) is 0 Å². The topological polar surface area (TPSA) is 78.3 Å². The van der Waals surface area contributed by atoms with E-state index in [1.807, 2.05) is 69.3 Å². The number of carbonyl (C=O) groups excluding carboxylic acids is 1. The van der Waals surface area contributed by atoms with E-state index in [0.29, 0.717) is 33.2 Å². The average Bonchev–Trinajstić information content (AvgIpc) is 3.19. The number of thioether (sulfide) groups is 1. The normalized spacial score (nSPS) is 15.3. The molecule has 3 aromatic rings. The molecule has 0 spiro atoms. The number of esters is 1. The lowest BCUT2D eigenvalue weighted by Crippen LogP contribution is -2.29. The number of benzene rings is 2. The fraction of sp³-hybridized carbons (Fsp3) is 0.292. The maximum Gasteiger partial charge on any atom is 0.338 e. The smallest absolute Gasteiger partial charge is 0.338 e. The van der Waals surface area contributed by atoms with E-state index in [0.717, 1.165) is 16.9 Å². The predicted octanol–water partition coefficient (Wildman–Crippen LogP) is 5.47. The fourth-order valence-electron chi connectivity index (χ4n) is 3.66. The Balaban J connectivity index is 1.71. The van der Waals surface area contributed by atoms with Gasteiger partial charge in [-0.25, -0.2) is 9.48 Å². The summed E-state index contributed by atoms with van der Waals surface area (Å²) in [5.41, 5.74) is 3.00. The Morgan fingerprint density at radius 2 is 2.03 bits per heavy atom. The molecule has 1 atom stereocenters. The second-order valence-corrected chi connectivity index (χ2v) is 9.19. The summed E-state index contributed by atoms with van der Waals surface area (Å²) < 4.78 is 12.7. The molecule has 172 valence electrons. The van der Waals surface area contributed by atoms with E-state index < -0.39 is 12.0 Å². The van der Waals surface area contributed by atoms with Crippen LogP contribution in [-0.2, 0) is 15.3 Å². The molecule has 0 radical (unpaired) electrons. The molecular weight excluding hydrogens is 460 g/mol. The molecular formula is C24H25ClN4O3S. The van der Waals surface area contributed by atoms with Crippen molar-refractivity contribution >= 4 is 35.3 Å². The molecule has 1 N–H and O–H groups in total. The summed E-state index contributed by atoms with van der Waals surface area (Å²) in [6.45, 7) is 5.78. The Morgan fingerprint density at radius 3 is 2.76 bits per heavy atom. The minimum Gasteiger partial charge on any atom is -0.491 e. The van der Waals surface area contributed by atoms with E-state index in [2.05, 4.69) is 10.3 Å². The summed E-state index contributed by atoms with van der Waals surface area (Å²) in [6, 6.07) is 14.9. The molecule has 1 aliphatic heterocycles. The number of ether oxygens (including phenoxy) is 2. The molecule has 0 saturated heterocycles. The van der Waals surface area contributed by atoms with Crippen LogP contribution in [0.2, 0.25) is 5.02 Å². The van der Waals surface area contributed by atoms with Crippen molar-refractivity contribution in [1.29, 1.82) is 0 Å². The Bertz CT molecular complexity index is 1210. The van der Waals surface area contributed by atoms with Gasteiger partial charge in [0, 0.05) is 16.5 Å². The van der Waals surface area contributed by atoms with Gasteiger partial charge in [-0.15, -0.1) is 5.10 Å². The van der Waals surface area contributed by atoms with Gasteiger partial charge in [0.05, 0.1) is 18.8 Å². The van der Waals surface area contributed by atoms with Crippen LogP contribution in [0.15, 0.2) is 65.0 Å². The third-order valence-electron chi connectivity index (χ3n) is 5.10. The van der Waals surface area contributed by atoms with Crippen LogP contribution in [0.4, 0.5) is 5.95 Å². The molecule has 9 heteroatoms. The maximum atomic E-state index is 12.8. The van der Waals surface area contributed by atoms with E-state index in [-0.39, 0.29) is 6.10 Å². The van der Waals surface area contributed by atoms with Crippen molar-refractivity contribution in [2.75, 3.05) is 12.4 Å². The van der Waals surface area contributed by atoms with Crippen LogP contribution in [0.5, 0.6) is 5.75 Å². The zero-order valence-electron chi connectivity index (χ0n) is 18.8. The number of methoxy groups -OCH3 is 1. The van der Waals surface area contributed by atoms with Crippen LogP contribution in [0, 0.1) is 0 Å². The Hall–Kier alpha value is -2.97. The molecule has 0 saturated carbocycles. The van der Waals surface area contributed by atoms with Gasteiger partial charge < -0.3 is 14.8 Å². The fourth-order valence-corrected chi connectivity index (χ4v) is 4.78. The van der Waals surface area contributed by atoms with Crippen LogP contribution in [-0.4, -0.2) is 33.9 Å². The lowest BCUT2D eigenvalue weighted by molar-refractivity contribution is -0.136. The monoisotopic (exact) mass is 484 g/mol. The highest BCUT2D eigenvalue weighted by molar-refractivity contribution is 7.98. The van der Waals surface area contributed by atoms with Crippen molar-refractivity contribution in [2.24, 2.45) is 0 Å². The number of nitrogens with zero attached hydrogens (tertiary/aromatic N) is 3. The maximum absolute atomic E-state index is 12.8. The predicted molar refractivity (Wildman–Crippen MR) is 130 cm³/mol. The van der Waals surface area contributed by atoms with E-state index in [1.54, 1.807) is 4.68 Å². The Kier molecular flexibility index (Phi) is 6.95. The molecule has 2 aromatic carbocycles. The van der Waals surface area contributed by atoms with E-state index in [4.69, 9.17) is 26.2 Å². The summed E-state index contributed by atoms with van der Waals surface area (Å²) in [5, 5.41) is 9.21. The second kappa shape index (κ2) is 9.89. The van der Waals surface area contributed by atoms with Crippen molar-refractivity contribution in [2.45, 2.75) is 43.8 Å². The SMILES string of the molecule is COC(=O)C1=C(C)Nc2nc(SCc3ccccc3Cl)nn2C1c1cccc(OC(C)C)c1. The quantitative estimate of drug-likeness (QED) is 0.351. The molecule has 1 aliphatic rings. The number of hydrogen-bond acceptors (Lipinski definition) is 7. The molecule has 1 aromatic heterocycles. The third-order valence-corrected chi connectivity index (χ3v) is 6.35. The lowest BCUT2D eigenvalue weighted by Gasteiger charge is -2.28. The number of nitrogens with one attached hydrogen (secondary N) is 1. The van der Waals surface area contributed by atoms with Crippen LogP contribution >= 0.6 is 23.4 Å². The summed E-state index contributed by atoms with van der Waals surface area (Å²) in [6.07, 6.45) is 0.0281. The van der Waals surface area contributed by atoms with Gasteiger partial charge in [0.25, 0.3) is 0 Å². The number of hydrogen-bond donors (Lipinski definition) is 1. The van der Waals surface area contributed by atoms with Crippen molar-refractivity contribution in [3.05, 3.63) is 76.0 Å². The largest absolute Gasteiger partial charge is 0.491 e. The van der Waals surface area contributed by atoms with Crippen LogP contribution in [0.3, 0.4) is 0 Å². The minimum atomic E-state index is -0.508. The highest BCUT2D eigenvalue weighted by Gasteiger charge is 2.35. The first kappa shape index (κ1) is 23.2. The summed E-state index contributed by atoms with van der Waals surface area (Å²) >= 11 is 7.77. The van der Waals surface area contributed by atoms with E-state index >= 15 is 0 Å². The van der Waals surface area contributed by atoms with Gasteiger partial charge in [-0.3, -0.25) is 0 Å². The summed E-state index contributed by atoms with van der Waals surface area (Å²) in [5.74, 6) is 1.48. The number of anilines is 1. The second-order valence-electron chi connectivity index (χ2n) is 7.84. The Morgan fingerprint density at radius 1 is 1.24 bits per heavy atom. The first-order chi connectivity index (χ1) is 15.9. The summed E-state index contributed by atoms with van der Waals surface area (Å²) in [4.78, 5) is 17.4. The first-order valence-corrected chi connectivity index (χ1v) is 11.9. The number of halogens is 1. The molecule has 0 aliphatic carbocycles. The van der Waals surface area contributed by atoms with Crippen LogP contribution < -0.4 is 10.1 Å². The van der Waals surface area contributed by atoms with Crippen LogP contribution in [0.1, 0.15) is 37.9 Å². The van der Waals surface area contributed by atoms with E-state index in [9.17, 15) is 4.79 Å². The molecule has 4 rings (SSSR count). The number of carbonyl (C=O) groups is 1. The number of fused-ring (bicyclic) bond motifs is 1. The molecule has 33 heavy (non-hydrogen) atoms. The number of aromatic nitrogens is 3. The first-order valence-electron chi connectivity index (χ1n) is 10.5. The highest BCUT2D eigenvalue weighted by Crippen LogP contribution is 2.38.